The second-order valence-electron chi connectivity index (χ2n) is 6.05. The van der Waals surface area contributed by atoms with Crippen molar-refractivity contribution in [3.8, 4) is 0 Å². The third-order valence-corrected chi connectivity index (χ3v) is 4.29. The van der Waals surface area contributed by atoms with Gasteiger partial charge in [-0.1, -0.05) is 45.4 Å². The van der Waals surface area contributed by atoms with Gasteiger partial charge in [-0.3, -0.25) is 4.79 Å². The SMILES string of the molecule is CCCCCCCCCN1C(=O)CCc2cc(N)ccc21. The standard InChI is InChI=1S/C18H28N2O/c1-2-3-4-5-6-7-8-13-20-17-11-10-16(19)14-15(17)9-12-18(20)21/h10-11,14H,2-9,12-13,19H2,1H3. The van der Waals surface area contributed by atoms with Crippen molar-refractivity contribution in [2.75, 3.05) is 17.2 Å². The normalized spacial score (nSPS) is 14.3. The summed E-state index contributed by atoms with van der Waals surface area (Å²) in [4.78, 5) is 14.1. The van der Waals surface area contributed by atoms with Gasteiger partial charge in [-0.05, 0) is 36.6 Å². The van der Waals surface area contributed by atoms with Gasteiger partial charge < -0.3 is 10.6 Å². The molecule has 1 aliphatic rings. The lowest BCUT2D eigenvalue weighted by molar-refractivity contribution is -0.118. The van der Waals surface area contributed by atoms with Gasteiger partial charge in [0.15, 0.2) is 0 Å². The molecule has 0 saturated carbocycles. The highest BCUT2D eigenvalue weighted by atomic mass is 16.2. The van der Waals surface area contributed by atoms with E-state index in [2.05, 4.69) is 6.92 Å². The number of hydrogen-bond acceptors (Lipinski definition) is 2. The first-order valence-electron chi connectivity index (χ1n) is 8.41. The molecule has 1 aromatic carbocycles. The monoisotopic (exact) mass is 288 g/mol. The molecule has 0 unspecified atom stereocenters. The fraction of sp³-hybridized carbons (Fsp3) is 0.611. The molecule has 0 radical (unpaired) electrons. The maximum Gasteiger partial charge on any atom is 0.227 e. The summed E-state index contributed by atoms with van der Waals surface area (Å²) in [7, 11) is 0. The Bertz CT molecular complexity index is 470. The Morgan fingerprint density at radius 3 is 2.52 bits per heavy atom. The van der Waals surface area contributed by atoms with Crippen LogP contribution in [0.3, 0.4) is 0 Å². The van der Waals surface area contributed by atoms with Crippen molar-refractivity contribution in [1.29, 1.82) is 0 Å². The Hall–Kier alpha value is -1.51. The van der Waals surface area contributed by atoms with E-state index in [-0.39, 0.29) is 5.91 Å². The summed E-state index contributed by atoms with van der Waals surface area (Å²) < 4.78 is 0. The molecular weight excluding hydrogens is 260 g/mol. The van der Waals surface area contributed by atoms with Gasteiger partial charge in [0.05, 0.1) is 0 Å². The first-order chi connectivity index (χ1) is 10.2. The molecule has 116 valence electrons. The maximum atomic E-state index is 12.1. The highest BCUT2D eigenvalue weighted by Gasteiger charge is 2.23. The van der Waals surface area contributed by atoms with Gasteiger partial charge in [0.25, 0.3) is 0 Å². The van der Waals surface area contributed by atoms with Gasteiger partial charge in [0.2, 0.25) is 5.91 Å². The number of anilines is 2. The lowest BCUT2D eigenvalue weighted by Gasteiger charge is -2.29. The molecule has 0 aliphatic carbocycles. The van der Waals surface area contributed by atoms with Crippen molar-refractivity contribution in [2.24, 2.45) is 0 Å². The van der Waals surface area contributed by atoms with Crippen LogP contribution in [0.15, 0.2) is 18.2 Å². The topological polar surface area (TPSA) is 46.3 Å². The van der Waals surface area contributed by atoms with E-state index in [1.807, 2.05) is 23.1 Å². The molecule has 0 spiro atoms. The molecule has 0 aromatic heterocycles. The molecule has 0 bridgehead atoms. The molecule has 1 aliphatic heterocycles. The molecular formula is C18H28N2O. The molecule has 3 heteroatoms. The number of aryl methyl sites for hydroxylation is 1. The Labute approximate surface area is 128 Å². The van der Waals surface area contributed by atoms with Gasteiger partial charge >= 0.3 is 0 Å². The van der Waals surface area contributed by atoms with E-state index < -0.39 is 0 Å². The number of carbonyl (C=O) groups is 1. The van der Waals surface area contributed by atoms with Gasteiger partial charge in [0, 0.05) is 24.3 Å². The van der Waals surface area contributed by atoms with Crippen LogP contribution in [0.1, 0.15) is 63.9 Å². The molecule has 0 fully saturated rings. The first-order valence-corrected chi connectivity index (χ1v) is 8.41. The van der Waals surface area contributed by atoms with Gasteiger partial charge in [-0.15, -0.1) is 0 Å². The van der Waals surface area contributed by atoms with Crippen LogP contribution in [0, 0.1) is 0 Å². The average Bonchev–Trinajstić information content (AvgIpc) is 2.48. The first kappa shape index (κ1) is 15.9. The molecule has 1 amide bonds. The predicted molar refractivity (Wildman–Crippen MR) is 89.5 cm³/mol. The Kier molecular flexibility index (Phi) is 6.09. The second kappa shape index (κ2) is 8.06. The smallest absolute Gasteiger partial charge is 0.227 e. The zero-order valence-corrected chi connectivity index (χ0v) is 13.2. The van der Waals surface area contributed by atoms with Gasteiger partial charge in [-0.25, -0.2) is 0 Å². The summed E-state index contributed by atoms with van der Waals surface area (Å²) in [5.41, 5.74) is 8.92. The van der Waals surface area contributed by atoms with E-state index in [4.69, 9.17) is 5.73 Å². The van der Waals surface area contributed by atoms with Crippen LogP contribution in [-0.2, 0) is 11.2 Å². The molecule has 2 rings (SSSR count). The van der Waals surface area contributed by atoms with Crippen LogP contribution in [0.2, 0.25) is 0 Å². The second-order valence-corrected chi connectivity index (χ2v) is 6.05. The summed E-state index contributed by atoms with van der Waals surface area (Å²) in [6.07, 6.45) is 10.4. The van der Waals surface area contributed by atoms with Crippen molar-refractivity contribution in [3.63, 3.8) is 0 Å². The number of benzene rings is 1. The molecule has 2 N–H and O–H groups in total. The average molecular weight is 288 g/mol. The van der Waals surface area contributed by atoms with E-state index in [9.17, 15) is 4.79 Å². The largest absolute Gasteiger partial charge is 0.399 e. The number of carbonyl (C=O) groups excluding carboxylic acids is 1. The number of amides is 1. The summed E-state index contributed by atoms with van der Waals surface area (Å²) in [5.74, 6) is 0.262. The number of fused-ring (bicyclic) bond motifs is 1. The summed E-state index contributed by atoms with van der Waals surface area (Å²) in [6.45, 7) is 3.09. The van der Waals surface area contributed by atoms with Crippen molar-refractivity contribution in [1.82, 2.24) is 0 Å². The Balaban J connectivity index is 1.81. The van der Waals surface area contributed by atoms with Crippen LogP contribution in [0.5, 0.6) is 0 Å². The Morgan fingerprint density at radius 2 is 1.76 bits per heavy atom. The zero-order valence-electron chi connectivity index (χ0n) is 13.2. The molecule has 0 saturated heterocycles. The van der Waals surface area contributed by atoms with E-state index in [1.165, 1.54) is 44.1 Å². The number of nitrogens with zero attached hydrogens (tertiary/aromatic N) is 1. The van der Waals surface area contributed by atoms with Crippen LogP contribution in [-0.4, -0.2) is 12.5 Å². The molecule has 1 aromatic rings. The zero-order chi connectivity index (χ0) is 15.1. The molecule has 0 atom stereocenters. The summed E-state index contributed by atoms with van der Waals surface area (Å²) in [5, 5.41) is 0. The van der Waals surface area contributed by atoms with E-state index in [0.29, 0.717) is 6.42 Å². The minimum atomic E-state index is 0.262. The highest BCUT2D eigenvalue weighted by molar-refractivity contribution is 5.96. The lowest BCUT2D eigenvalue weighted by atomic mass is 10.00. The predicted octanol–water partition coefficient (Wildman–Crippen LogP) is 4.30. The molecule has 3 nitrogen and oxygen atoms in total. The minimum absolute atomic E-state index is 0.262. The van der Waals surface area contributed by atoms with Crippen LogP contribution in [0.25, 0.3) is 0 Å². The minimum Gasteiger partial charge on any atom is -0.399 e. The van der Waals surface area contributed by atoms with Crippen molar-refractivity contribution >= 4 is 17.3 Å². The number of nitrogen functional groups attached to an aromatic ring is 1. The molecule has 1 heterocycles. The third-order valence-electron chi connectivity index (χ3n) is 4.29. The highest BCUT2D eigenvalue weighted by Crippen LogP contribution is 2.29. The van der Waals surface area contributed by atoms with Crippen molar-refractivity contribution < 1.29 is 4.79 Å². The van der Waals surface area contributed by atoms with Crippen LogP contribution < -0.4 is 10.6 Å². The number of unbranched alkanes of at least 4 members (excludes halogenated alkanes) is 6. The number of hydrogen-bond donors (Lipinski definition) is 1. The third kappa shape index (κ3) is 4.48. The van der Waals surface area contributed by atoms with E-state index in [1.54, 1.807) is 0 Å². The maximum absolute atomic E-state index is 12.1. The van der Waals surface area contributed by atoms with E-state index >= 15 is 0 Å². The van der Waals surface area contributed by atoms with Gasteiger partial charge in [-0.2, -0.15) is 0 Å². The lowest BCUT2D eigenvalue weighted by Crippen LogP contribution is -2.35. The van der Waals surface area contributed by atoms with Crippen LogP contribution in [0.4, 0.5) is 11.4 Å². The number of nitrogens with two attached hydrogens (primary N) is 1. The fourth-order valence-corrected chi connectivity index (χ4v) is 3.05. The molecule has 21 heavy (non-hydrogen) atoms. The van der Waals surface area contributed by atoms with Gasteiger partial charge in [0.1, 0.15) is 0 Å². The van der Waals surface area contributed by atoms with Crippen molar-refractivity contribution in [2.45, 2.75) is 64.7 Å². The summed E-state index contributed by atoms with van der Waals surface area (Å²) in [6, 6.07) is 5.91. The quantitative estimate of drug-likeness (QED) is 0.572. The van der Waals surface area contributed by atoms with Crippen molar-refractivity contribution in [3.05, 3.63) is 23.8 Å². The van der Waals surface area contributed by atoms with E-state index in [0.717, 1.165) is 30.8 Å². The summed E-state index contributed by atoms with van der Waals surface area (Å²) >= 11 is 0. The Morgan fingerprint density at radius 1 is 1.05 bits per heavy atom. The van der Waals surface area contributed by atoms with Crippen LogP contribution >= 0.6 is 0 Å². The fourth-order valence-electron chi connectivity index (χ4n) is 3.05. The number of rotatable bonds is 8.